The molecular formula is C17H19N3O3. The topological polar surface area (TPSA) is 65.7 Å². The van der Waals surface area contributed by atoms with E-state index in [1.807, 2.05) is 13.8 Å². The van der Waals surface area contributed by atoms with Gasteiger partial charge in [-0.2, -0.15) is 9.97 Å². The molecule has 0 amide bonds. The monoisotopic (exact) mass is 313 g/mol. The van der Waals surface area contributed by atoms with Crippen molar-refractivity contribution in [3.05, 3.63) is 34.4 Å². The third-order valence-electron chi connectivity index (χ3n) is 5.14. The first kappa shape index (κ1) is 15.5. The summed E-state index contributed by atoms with van der Waals surface area (Å²) < 4.78 is 10.6. The molecule has 0 spiro atoms. The van der Waals surface area contributed by atoms with Crippen molar-refractivity contribution < 1.29 is 14.3 Å². The Balaban J connectivity index is 2.27. The maximum atomic E-state index is 12.3. The van der Waals surface area contributed by atoms with Crippen molar-refractivity contribution in [3.63, 3.8) is 0 Å². The molecule has 3 rings (SSSR count). The number of hydrogen-bond donors (Lipinski definition) is 0. The Labute approximate surface area is 135 Å². The predicted octanol–water partition coefficient (Wildman–Crippen LogP) is 2.34. The number of carbonyl (C=O) groups is 1. The van der Waals surface area contributed by atoms with E-state index in [-0.39, 0.29) is 29.3 Å². The molecule has 2 aliphatic rings. The van der Waals surface area contributed by atoms with Gasteiger partial charge in [0.15, 0.2) is 5.78 Å². The van der Waals surface area contributed by atoms with Crippen LogP contribution in [0, 0.1) is 18.4 Å². The van der Waals surface area contributed by atoms with Gasteiger partial charge in [0.25, 0.3) is 0 Å². The summed E-state index contributed by atoms with van der Waals surface area (Å²) in [5.74, 6) is 0.347. The molecule has 0 radical (unpaired) electrons. The van der Waals surface area contributed by atoms with Gasteiger partial charge < -0.3 is 14.3 Å². The second-order valence-electron chi connectivity index (χ2n) is 6.27. The van der Waals surface area contributed by atoms with Crippen LogP contribution in [-0.2, 0) is 16.6 Å². The van der Waals surface area contributed by atoms with E-state index in [4.69, 9.17) is 16.0 Å². The van der Waals surface area contributed by atoms with Crippen LogP contribution in [0.1, 0.15) is 31.5 Å². The minimum Gasteiger partial charge on any atom is -0.481 e. The number of methoxy groups -OCH3 is 2. The molecule has 0 aromatic carbocycles. The summed E-state index contributed by atoms with van der Waals surface area (Å²) in [7, 11) is 3.08. The first-order valence-corrected chi connectivity index (χ1v) is 7.60. The summed E-state index contributed by atoms with van der Waals surface area (Å²) in [6, 6.07) is 0.241. The molecule has 1 aromatic heterocycles. The fourth-order valence-corrected chi connectivity index (χ4v) is 3.95. The minimum atomic E-state index is -0.496. The molecule has 1 heterocycles. The zero-order valence-corrected chi connectivity index (χ0v) is 13.7. The lowest BCUT2D eigenvalue weighted by Crippen LogP contribution is -2.45. The Kier molecular flexibility index (Phi) is 3.59. The largest absolute Gasteiger partial charge is 0.481 e. The van der Waals surface area contributed by atoms with Crippen LogP contribution in [0.25, 0.3) is 4.85 Å². The van der Waals surface area contributed by atoms with Gasteiger partial charge >= 0.3 is 6.01 Å². The fraction of sp³-hybridized carbons (Fsp3) is 0.529. The number of hydrogen-bond acceptors (Lipinski definition) is 5. The summed E-state index contributed by atoms with van der Waals surface area (Å²) in [6.07, 6.45) is 3.36. The van der Waals surface area contributed by atoms with Gasteiger partial charge in [-0.1, -0.05) is 19.9 Å². The van der Waals surface area contributed by atoms with Crippen molar-refractivity contribution in [1.29, 1.82) is 0 Å². The van der Waals surface area contributed by atoms with E-state index in [2.05, 4.69) is 14.8 Å². The van der Waals surface area contributed by atoms with E-state index in [0.717, 1.165) is 24.1 Å². The molecule has 6 heteroatoms. The average molecular weight is 313 g/mol. The van der Waals surface area contributed by atoms with Crippen molar-refractivity contribution in [3.8, 4) is 11.9 Å². The van der Waals surface area contributed by atoms with Crippen molar-refractivity contribution in [2.24, 2.45) is 11.8 Å². The highest BCUT2D eigenvalue weighted by molar-refractivity contribution is 6.00. The van der Waals surface area contributed by atoms with Gasteiger partial charge in [0.05, 0.1) is 26.5 Å². The summed E-state index contributed by atoms with van der Waals surface area (Å²) in [5.41, 5.74) is 1.44. The molecule has 0 saturated carbocycles. The van der Waals surface area contributed by atoms with Crippen LogP contribution in [0.3, 0.4) is 0 Å². The Hall–Kier alpha value is -2.42. The standard InChI is InChI=1S/C17H19N3O3/c1-9-11-7-6-10-14(19-16(23-5)20-15(10)22-4)17(11,2)8-12(18-3)13(9)21/h8-9,11H,6-7H2,1-2,4-5H3/t9-,11-,17+/m1/s1. The van der Waals surface area contributed by atoms with Gasteiger partial charge in [-0.3, -0.25) is 0 Å². The Morgan fingerprint density at radius 3 is 2.70 bits per heavy atom. The second kappa shape index (κ2) is 5.34. The number of Topliss-reactive ketones (excluding diaryl/α,β-unsaturated/α-hetero) is 1. The number of ether oxygens (including phenoxy) is 2. The first-order valence-electron chi connectivity index (χ1n) is 7.60. The first-order chi connectivity index (χ1) is 11.0. The lowest BCUT2D eigenvalue weighted by atomic mass is 9.58. The van der Waals surface area contributed by atoms with E-state index >= 15 is 0 Å². The molecule has 0 saturated heterocycles. The van der Waals surface area contributed by atoms with Gasteiger partial charge in [-0.05, 0) is 18.8 Å². The molecule has 2 aliphatic carbocycles. The number of ketones is 1. The summed E-state index contributed by atoms with van der Waals surface area (Å²) in [4.78, 5) is 24.6. The van der Waals surface area contributed by atoms with Crippen LogP contribution in [0.2, 0.25) is 0 Å². The SMILES string of the molecule is [C-]#[N+]C1=C[C@]2(C)c3nc(OC)nc(OC)c3CC[C@@H]2[C@@H](C)C1=O. The third kappa shape index (κ3) is 2.11. The van der Waals surface area contributed by atoms with Crippen LogP contribution in [0.4, 0.5) is 0 Å². The van der Waals surface area contributed by atoms with Gasteiger partial charge in [-0.25, -0.2) is 4.85 Å². The van der Waals surface area contributed by atoms with Gasteiger partial charge in [0.1, 0.15) is 0 Å². The summed E-state index contributed by atoms with van der Waals surface area (Å²) in [6.45, 7) is 11.2. The van der Waals surface area contributed by atoms with E-state index in [1.54, 1.807) is 13.2 Å². The van der Waals surface area contributed by atoms with Gasteiger partial charge in [0.2, 0.25) is 11.6 Å². The third-order valence-corrected chi connectivity index (χ3v) is 5.14. The minimum absolute atomic E-state index is 0.0705. The molecule has 3 atom stereocenters. The molecule has 1 aromatic rings. The van der Waals surface area contributed by atoms with Crippen molar-refractivity contribution in [2.45, 2.75) is 32.1 Å². The molecule has 0 aliphatic heterocycles. The number of carbonyl (C=O) groups excluding carboxylic acids is 1. The van der Waals surface area contributed by atoms with E-state index in [0.29, 0.717) is 5.88 Å². The number of fused-ring (bicyclic) bond motifs is 3. The smallest absolute Gasteiger partial charge is 0.319 e. The number of rotatable bonds is 2. The quantitative estimate of drug-likeness (QED) is 0.784. The normalized spacial score (nSPS) is 29.0. The highest BCUT2D eigenvalue weighted by atomic mass is 16.5. The van der Waals surface area contributed by atoms with Crippen LogP contribution in [0.5, 0.6) is 11.9 Å². The number of aromatic nitrogens is 2. The Morgan fingerprint density at radius 1 is 1.35 bits per heavy atom. The molecule has 120 valence electrons. The van der Waals surface area contributed by atoms with E-state index in [1.165, 1.54) is 7.11 Å². The number of nitrogens with zero attached hydrogens (tertiary/aromatic N) is 3. The maximum Gasteiger partial charge on any atom is 0.319 e. The average Bonchev–Trinajstić information content (AvgIpc) is 2.57. The highest BCUT2D eigenvalue weighted by Gasteiger charge is 2.49. The summed E-state index contributed by atoms with van der Waals surface area (Å²) >= 11 is 0. The van der Waals surface area contributed by atoms with Gasteiger partial charge in [0, 0.05) is 16.9 Å². The van der Waals surface area contributed by atoms with Crippen LogP contribution in [-0.4, -0.2) is 30.0 Å². The van der Waals surface area contributed by atoms with Crippen LogP contribution < -0.4 is 9.47 Å². The molecule has 23 heavy (non-hydrogen) atoms. The van der Waals surface area contributed by atoms with E-state index < -0.39 is 5.41 Å². The second-order valence-corrected chi connectivity index (χ2v) is 6.27. The molecule has 0 N–H and O–H groups in total. The zero-order chi connectivity index (χ0) is 16.8. The van der Waals surface area contributed by atoms with Crippen LogP contribution >= 0.6 is 0 Å². The predicted molar refractivity (Wildman–Crippen MR) is 83.2 cm³/mol. The van der Waals surface area contributed by atoms with Crippen molar-refractivity contribution >= 4 is 5.78 Å². The van der Waals surface area contributed by atoms with E-state index in [9.17, 15) is 4.79 Å². The van der Waals surface area contributed by atoms with Crippen molar-refractivity contribution in [2.75, 3.05) is 14.2 Å². The zero-order valence-electron chi connectivity index (χ0n) is 13.7. The lowest BCUT2D eigenvalue weighted by Gasteiger charge is -2.45. The number of allylic oxidation sites excluding steroid dienone is 2. The molecule has 0 unspecified atom stereocenters. The van der Waals surface area contributed by atoms with Gasteiger partial charge in [-0.15, -0.1) is 0 Å². The van der Waals surface area contributed by atoms with Crippen molar-refractivity contribution in [1.82, 2.24) is 9.97 Å². The Morgan fingerprint density at radius 2 is 2.09 bits per heavy atom. The molecular weight excluding hydrogens is 294 g/mol. The van der Waals surface area contributed by atoms with Crippen LogP contribution in [0.15, 0.2) is 11.8 Å². The lowest BCUT2D eigenvalue weighted by molar-refractivity contribution is -0.121. The Bertz CT molecular complexity index is 750. The maximum absolute atomic E-state index is 12.3. The highest BCUT2D eigenvalue weighted by Crippen LogP contribution is 2.50. The molecule has 0 fully saturated rings. The molecule has 0 bridgehead atoms. The summed E-state index contributed by atoms with van der Waals surface area (Å²) in [5, 5.41) is 0. The molecule has 6 nitrogen and oxygen atoms in total. The fourth-order valence-electron chi connectivity index (χ4n) is 3.95.